The summed E-state index contributed by atoms with van der Waals surface area (Å²) < 4.78 is 5.42. The lowest BCUT2D eigenvalue weighted by atomic mass is 10.1. The normalized spacial score (nSPS) is 13.4. The number of hydrogen-bond acceptors (Lipinski definition) is 3. The van der Waals surface area contributed by atoms with Gasteiger partial charge in [-0.3, -0.25) is 0 Å². The van der Waals surface area contributed by atoms with Crippen molar-refractivity contribution in [2.24, 2.45) is 0 Å². The molecule has 19 heavy (non-hydrogen) atoms. The number of rotatable bonds is 3. The lowest BCUT2D eigenvalue weighted by molar-refractivity contribution is 0.409. The average molecular weight is 254 g/mol. The number of benzene rings is 2. The fourth-order valence-electron chi connectivity index (χ4n) is 2.73. The van der Waals surface area contributed by atoms with E-state index in [0.29, 0.717) is 0 Å². The minimum absolute atomic E-state index is 0.862. The van der Waals surface area contributed by atoms with Gasteiger partial charge < -0.3 is 15.4 Å². The van der Waals surface area contributed by atoms with Crippen LogP contribution >= 0.6 is 0 Å². The van der Waals surface area contributed by atoms with E-state index in [-0.39, 0.29) is 0 Å². The van der Waals surface area contributed by atoms with Crippen molar-refractivity contribution in [1.82, 2.24) is 0 Å². The van der Waals surface area contributed by atoms with Gasteiger partial charge in [0, 0.05) is 35.6 Å². The van der Waals surface area contributed by atoms with Gasteiger partial charge >= 0.3 is 0 Å². The molecule has 0 aliphatic carbocycles. The third-order valence-corrected chi connectivity index (χ3v) is 3.71. The molecule has 1 heterocycles. The summed E-state index contributed by atoms with van der Waals surface area (Å²) in [5, 5.41) is 0. The van der Waals surface area contributed by atoms with E-state index in [2.05, 4.69) is 17.0 Å². The summed E-state index contributed by atoms with van der Waals surface area (Å²) in [5.74, 6) is 0.944. The van der Waals surface area contributed by atoms with Crippen LogP contribution in [0.25, 0.3) is 0 Å². The molecule has 0 aromatic heterocycles. The van der Waals surface area contributed by atoms with Crippen molar-refractivity contribution in [3.8, 4) is 5.75 Å². The van der Waals surface area contributed by atoms with E-state index in [1.54, 1.807) is 7.11 Å². The van der Waals surface area contributed by atoms with Crippen molar-refractivity contribution in [3.63, 3.8) is 0 Å². The Labute approximate surface area is 113 Å². The number of para-hydroxylation sites is 1. The monoisotopic (exact) mass is 254 g/mol. The fraction of sp³-hybridized carbons (Fsp3) is 0.250. The SMILES string of the molecule is COc1ccccc1CN1CCc2c(N)cccc21. The lowest BCUT2D eigenvalue weighted by Crippen LogP contribution is -2.20. The van der Waals surface area contributed by atoms with Gasteiger partial charge in [-0.05, 0) is 24.6 Å². The number of nitrogens with two attached hydrogens (primary N) is 1. The summed E-state index contributed by atoms with van der Waals surface area (Å²) in [6.07, 6.45) is 1.02. The van der Waals surface area contributed by atoms with Gasteiger partial charge in [-0.25, -0.2) is 0 Å². The second-order valence-corrected chi connectivity index (χ2v) is 4.83. The van der Waals surface area contributed by atoms with Gasteiger partial charge in [-0.1, -0.05) is 24.3 Å². The highest BCUT2D eigenvalue weighted by Gasteiger charge is 2.21. The molecule has 1 aliphatic rings. The van der Waals surface area contributed by atoms with E-state index in [1.807, 2.05) is 30.3 Å². The average Bonchev–Trinajstić information content (AvgIpc) is 2.84. The molecule has 2 aromatic carbocycles. The molecule has 0 atom stereocenters. The minimum Gasteiger partial charge on any atom is -0.496 e. The van der Waals surface area contributed by atoms with Gasteiger partial charge in [0.15, 0.2) is 0 Å². The van der Waals surface area contributed by atoms with Crippen LogP contribution in [-0.2, 0) is 13.0 Å². The van der Waals surface area contributed by atoms with E-state index >= 15 is 0 Å². The third-order valence-electron chi connectivity index (χ3n) is 3.71. The van der Waals surface area contributed by atoms with E-state index in [9.17, 15) is 0 Å². The van der Waals surface area contributed by atoms with Crippen LogP contribution in [0.4, 0.5) is 11.4 Å². The summed E-state index contributed by atoms with van der Waals surface area (Å²) in [7, 11) is 1.72. The second-order valence-electron chi connectivity index (χ2n) is 4.83. The molecular formula is C16H18N2O. The number of fused-ring (bicyclic) bond motifs is 1. The zero-order valence-corrected chi connectivity index (χ0v) is 11.1. The Morgan fingerprint density at radius 2 is 2.00 bits per heavy atom. The zero-order valence-electron chi connectivity index (χ0n) is 11.1. The topological polar surface area (TPSA) is 38.5 Å². The first-order valence-corrected chi connectivity index (χ1v) is 6.54. The maximum atomic E-state index is 6.03. The van der Waals surface area contributed by atoms with Gasteiger partial charge in [0.25, 0.3) is 0 Å². The minimum atomic E-state index is 0.862. The molecule has 0 radical (unpaired) electrons. The van der Waals surface area contributed by atoms with Crippen LogP contribution in [0.5, 0.6) is 5.75 Å². The van der Waals surface area contributed by atoms with Crippen LogP contribution in [0, 0.1) is 0 Å². The first kappa shape index (κ1) is 11.9. The van der Waals surface area contributed by atoms with Gasteiger partial charge in [0.05, 0.1) is 7.11 Å². The van der Waals surface area contributed by atoms with Crippen LogP contribution < -0.4 is 15.4 Å². The highest BCUT2D eigenvalue weighted by Crippen LogP contribution is 2.34. The van der Waals surface area contributed by atoms with E-state index in [0.717, 1.165) is 30.9 Å². The van der Waals surface area contributed by atoms with Crippen molar-refractivity contribution in [2.75, 3.05) is 24.3 Å². The Bertz CT molecular complexity index is 595. The van der Waals surface area contributed by atoms with Gasteiger partial charge in [-0.2, -0.15) is 0 Å². The largest absolute Gasteiger partial charge is 0.496 e. The molecule has 0 fully saturated rings. The number of anilines is 2. The van der Waals surface area contributed by atoms with E-state index in [4.69, 9.17) is 10.5 Å². The molecule has 0 saturated heterocycles. The number of nitrogen functional groups attached to an aromatic ring is 1. The second kappa shape index (κ2) is 4.84. The predicted molar refractivity (Wildman–Crippen MR) is 78.6 cm³/mol. The molecular weight excluding hydrogens is 236 g/mol. The number of methoxy groups -OCH3 is 1. The molecule has 2 aromatic rings. The maximum absolute atomic E-state index is 6.03. The molecule has 0 amide bonds. The Hall–Kier alpha value is -2.16. The van der Waals surface area contributed by atoms with Crippen LogP contribution in [0.3, 0.4) is 0 Å². The molecule has 0 bridgehead atoms. The smallest absolute Gasteiger partial charge is 0.123 e. The molecule has 1 aliphatic heterocycles. The van der Waals surface area contributed by atoms with Crippen LogP contribution in [0.2, 0.25) is 0 Å². The Kier molecular flexibility index (Phi) is 3.03. The van der Waals surface area contributed by atoms with Gasteiger partial charge in [0.2, 0.25) is 0 Å². The van der Waals surface area contributed by atoms with E-state index in [1.165, 1.54) is 16.8 Å². The number of hydrogen-bond donors (Lipinski definition) is 1. The molecule has 0 unspecified atom stereocenters. The summed E-state index contributed by atoms with van der Waals surface area (Å²) >= 11 is 0. The van der Waals surface area contributed by atoms with E-state index < -0.39 is 0 Å². The molecule has 2 N–H and O–H groups in total. The van der Waals surface area contributed by atoms with Crippen LogP contribution in [0.15, 0.2) is 42.5 Å². The quantitative estimate of drug-likeness (QED) is 0.856. The third kappa shape index (κ3) is 2.12. The highest BCUT2D eigenvalue weighted by atomic mass is 16.5. The van der Waals surface area contributed by atoms with Crippen molar-refractivity contribution >= 4 is 11.4 Å². The highest BCUT2D eigenvalue weighted by molar-refractivity contribution is 5.68. The molecule has 3 rings (SSSR count). The summed E-state index contributed by atoms with van der Waals surface area (Å²) in [5.41, 5.74) is 10.7. The molecule has 98 valence electrons. The van der Waals surface area contributed by atoms with Crippen LogP contribution in [-0.4, -0.2) is 13.7 Å². The number of nitrogens with zero attached hydrogens (tertiary/aromatic N) is 1. The zero-order chi connectivity index (χ0) is 13.2. The summed E-state index contributed by atoms with van der Waals surface area (Å²) in [4.78, 5) is 2.36. The Morgan fingerprint density at radius 3 is 2.84 bits per heavy atom. The lowest BCUT2D eigenvalue weighted by Gasteiger charge is -2.21. The molecule has 0 spiro atoms. The first-order chi connectivity index (χ1) is 9.29. The first-order valence-electron chi connectivity index (χ1n) is 6.54. The fourth-order valence-corrected chi connectivity index (χ4v) is 2.73. The summed E-state index contributed by atoms with van der Waals surface area (Å²) in [6, 6.07) is 14.3. The van der Waals surface area contributed by atoms with Crippen molar-refractivity contribution in [3.05, 3.63) is 53.6 Å². The standard InChI is InChI=1S/C16H18N2O/c1-19-16-8-3-2-5-12(16)11-18-10-9-13-14(17)6-4-7-15(13)18/h2-8H,9-11,17H2,1H3. The number of ether oxygens (including phenoxy) is 1. The molecule has 3 heteroatoms. The molecule has 3 nitrogen and oxygen atoms in total. The Morgan fingerprint density at radius 1 is 1.16 bits per heavy atom. The summed E-state index contributed by atoms with van der Waals surface area (Å²) in [6.45, 7) is 1.88. The Balaban J connectivity index is 1.89. The van der Waals surface area contributed by atoms with Gasteiger partial charge in [0.1, 0.15) is 5.75 Å². The van der Waals surface area contributed by atoms with Crippen LogP contribution in [0.1, 0.15) is 11.1 Å². The van der Waals surface area contributed by atoms with Crippen molar-refractivity contribution < 1.29 is 4.74 Å². The van der Waals surface area contributed by atoms with Gasteiger partial charge in [-0.15, -0.1) is 0 Å². The van der Waals surface area contributed by atoms with Crippen molar-refractivity contribution in [1.29, 1.82) is 0 Å². The van der Waals surface area contributed by atoms with Crippen molar-refractivity contribution in [2.45, 2.75) is 13.0 Å². The maximum Gasteiger partial charge on any atom is 0.123 e. The molecule has 0 saturated carbocycles. The predicted octanol–water partition coefficient (Wildman–Crippen LogP) is 2.84.